The minimum atomic E-state index is 0.122. The highest BCUT2D eigenvalue weighted by molar-refractivity contribution is 9.11. The Morgan fingerprint density at radius 2 is 1.86 bits per heavy atom. The van der Waals surface area contributed by atoms with E-state index in [-0.39, 0.29) is 5.78 Å². The van der Waals surface area contributed by atoms with Gasteiger partial charge in [0.15, 0.2) is 5.78 Å². The maximum absolute atomic E-state index is 11.8. The van der Waals surface area contributed by atoms with Crippen molar-refractivity contribution in [3.63, 3.8) is 0 Å². The van der Waals surface area contributed by atoms with Crippen LogP contribution in [-0.4, -0.2) is 12.4 Å². The fraction of sp³-hybridized carbons (Fsp3) is 0.423. The molecule has 0 unspecified atom stereocenters. The monoisotopic (exact) mass is 454 g/mol. The van der Waals surface area contributed by atoms with Gasteiger partial charge in [0.25, 0.3) is 0 Å². The summed E-state index contributed by atoms with van der Waals surface area (Å²) in [6, 6.07) is 14.6. The third kappa shape index (κ3) is 5.39. The van der Waals surface area contributed by atoms with Crippen molar-refractivity contribution >= 4 is 27.3 Å². The molecule has 0 bridgehead atoms. The maximum atomic E-state index is 11.8. The normalized spacial score (nSPS) is 14.9. The van der Waals surface area contributed by atoms with Crippen LogP contribution in [0.15, 0.2) is 46.9 Å². The maximum Gasteiger partial charge on any atom is 0.159 e. The summed E-state index contributed by atoms with van der Waals surface area (Å²) in [5, 5.41) is 0. The van der Waals surface area contributed by atoms with E-state index in [1.54, 1.807) is 6.92 Å². The van der Waals surface area contributed by atoms with Gasteiger partial charge in [0.1, 0.15) is 5.75 Å². The Balaban J connectivity index is 1.85. The predicted molar refractivity (Wildman–Crippen MR) is 125 cm³/mol. The van der Waals surface area contributed by atoms with Crippen molar-refractivity contribution in [3.05, 3.63) is 69.2 Å². The lowest BCUT2D eigenvalue weighted by Crippen LogP contribution is -2.10. The van der Waals surface area contributed by atoms with Gasteiger partial charge in [0, 0.05) is 10.0 Å². The molecule has 0 fully saturated rings. The number of allylic oxidation sites excluding steroid dienone is 1. The molecule has 2 nitrogen and oxygen atoms in total. The first-order valence-electron chi connectivity index (χ1n) is 10.8. The molecule has 3 heteroatoms. The second-order valence-corrected chi connectivity index (χ2v) is 8.92. The van der Waals surface area contributed by atoms with Crippen molar-refractivity contribution in [2.75, 3.05) is 6.61 Å². The summed E-state index contributed by atoms with van der Waals surface area (Å²) < 4.78 is 7.28. The Bertz CT molecular complexity index is 880. The summed E-state index contributed by atoms with van der Waals surface area (Å²) in [7, 11) is 0. The van der Waals surface area contributed by atoms with E-state index >= 15 is 0 Å². The Hall–Kier alpha value is -1.87. The largest absolute Gasteiger partial charge is 0.493 e. The highest BCUT2D eigenvalue weighted by Gasteiger charge is 2.19. The zero-order chi connectivity index (χ0) is 20.8. The average molecular weight is 455 g/mol. The molecule has 0 aliphatic heterocycles. The molecule has 1 atom stereocenters. The van der Waals surface area contributed by atoms with Crippen molar-refractivity contribution in [1.82, 2.24) is 0 Å². The lowest BCUT2D eigenvalue weighted by atomic mass is 9.92. The highest BCUT2D eigenvalue weighted by Crippen LogP contribution is 2.38. The van der Waals surface area contributed by atoms with E-state index in [0.29, 0.717) is 5.92 Å². The first-order chi connectivity index (χ1) is 14.0. The molecule has 29 heavy (non-hydrogen) atoms. The van der Waals surface area contributed by atoms with Crippen molar-refractivity contribution in [3.8, 4) is 5.75 Å². The summed E-state index contributed by atoms with van der Waals surface area (Å²) >= 11 is 3.84. The van der Waals surface area contributed by atoms with Crippen LogP contribution in [0, 0.1) is 5.92 Å². The Morgan fingerprint density at radius 1 is 1.10 bits per heavy atom. The van der Waals surface area contributed by atoms with Gasteiger partial charge in [0.05, 0.1) is 6.61 Å². The minimum Gasteiger partial charge on any atom is -0.493 e. The zero-order valence-electron chi connectivity index (χ0n) is 17.8. The number of ether oxygens (including phenoxy) is 1. The van der Waals surface area contributed by atoms with Crippen molar-refractivity contribution < 1.29 is 9.53 Å². The molecule has 0 spiro atoms. The van der Waals surface area contributed by atoms with E-state index < -0.39 is 0 Å². The van der Waals surface area contributed by atoms with Gasteiger partial charge < -0.3 is 4.74 Å². The van der Waals surface area contributed by atoms with E-state index in [4.69, 9.17) is 4.74 Å². The number of fused-ring (bicyclic) bond motifs is 1. The summed E-state index contributed by atoms with van der Waals surface area (Å²) in [5.74, 6) is 1.68. The van der Waals surface area contributed by atoms with E-state index in [1.807, 2.05) is 6.07 Å². The van der Waals surface area contributed by atoms with Crippen LogP contribution in [0.3, 0.4) is 0 Å². The average Bonchev–Trinajstić information content (AvgIpc) is 2.89. The van der Waals surface area contributed by atoms with Crippen molar-refractivity contribution in [1.29, 1.82) is 0 Å². The van der Waals surface area contributed by atoms with E-state index in [0.717, 1.165) is 43.6 Å². The summed E-state index contributed by atoms with van der Waals surface area (Å²) in [6.07, 6.45) is 6.65. The molecule has 154 valence electrons. The number of carbonyl (C=O) groups is 1. The molecule has 0 saturated heterocycles. The van der Waals surface area contributed by atoms with Crippen LogP contribution in [0.25, 0.3) is 5.57 Å². The van der Waals surface area contributed by atoms with E-state index in [1.165, 1.54) is 39.6 Å². The number of carbonyl (C=O) groups excluding carboxylic acids is 1. The quantitative estimate of drug-likeness (QED) is 0.384. The van der Waals surface area contributed by atoms with Crippen molar-refractivity contribution in [2.24, 2.45) is 5.92 Å². The van der Waals surface area contributed by atoms with Crippen LogP contribution >= 0.6 is 15.9 Å². The smallest absolute Gasteiger partial charge is 0.159 e. The molecule has 2 aromatic rings. The van der Waals surface area contributed by atoms with Gasteiger partial charge in [-0.2, -0.15) is 0 Å². The van der Waals surface area contributed by atoms with E-state index in [9.17, 15) is 4.79 Å². The standard InChI is InChI=1S/C26H31BrO2/c1-4-7-19(5-2)17-29-23-13-10-20(11-14-23)26-24-15-12-21(18(3)28)16-22(24)8-6-9-25(26)27/h10-16,19H,4-9,17H2,1-3H3/t19-/m1/s1. The molecule has 0 amide bonds. The third-order valence-electron chi connectivity index (χ3n) is 5.80. The summed E-state index contributed by atoms with van der Waals surface area (Å²) in [6.45, 7) is 6.88. The SMILES string of the molecule is CCC[C@@H](CC)COc1ccc(C2=C(Br)CCCc3cc(C(C)=O)ccc32)cc1. The number of rotatable bonds is 8. The molecule has 0 heterocycles. The minimum absolute atomic E-state index is 0.122. The topological polar surface area (TPSA) is 26.3 Å². The molecule has 1 aliphatic carbocycles. The van der Waals surface area contributed by atoms with Gasteiger partial charge in [-0.15, -0.1) is 0 Å². The van der Waals surface area contributed by atoms with Crippen LogP contribution < -0.4 is 4.74 Å². The highest BCUT2D eigenvalue weighted by atomic mass is 79.9. The third-order valence-corrected chi connectivity index (χ3v) is 6.59. The molecule has 1 aliphatic rings. The molecule has 3 rings (SSSR count). The van der Waals surface area contributed by atoms with Gasteiger partial charge in [-0.25, -0.2) is 0 Å². The van der Waals surface area contributed by atoms with Crippen LogP contribution in [0.1, 0.15) is 79.9 Å². The number of aryl methyl sites for hydroxylation is 1. The Kier molecular flexibility index (Phi) is 7.71. The Morgan fingerprint density at radius 3 is 2.52 bits per heavy atom. The lowest BCUT2D eigenvalue weighted by molar-refractivity contribution is 0.101. The molecule has 0 aromatic heterocycles. The summed E-state index contributed by atoms with van der Waals surface area (Å²) in [5.41, 5.74) is 5.69. The fourth-order valence-electron chi connectivity index (χ4n) is 4.03. The number of halogens is 1. The zero-order valence-corrected chi connectivity index (χ0v) is 19.3. The number of hydrogen-bond donors (Lipinski definition) is 0. The molecular weight excluding hydrogens is 424 g/mol. The molecule has 2 aromatic carbocycles. The van der Waals surface area contributed by atoms with Gasteiger partial charge in [0.2, 0.25) is 0 Å². The number of Topliss-reactive ketones (excluding diaryl/α,β-unsaturated/α-hetero) is 1. The molecule has 0 N–H and O–H groups in total. The molecule has 0 saturated carbocycles. The van der Waals surface area contributed by atoms with Gasteiger partial charge in [-0.3, -0.25) is 4.79 Å². The first kappa shape index (κ1) is 21.8. The number of benzene rings is 2. The second-order valence-electron chi connectivity index (χ2n) is 7.96. The number of ketones is 1. The van der Waals surface area contributed by atoms with Crippen LogP contribution in [0.2, 0.25) is 0 Å². The fourth-order valence-corrected chi connectivity index (χ4v) is 4.75. The van der Waals surface area contributed by atoms with Crippen molar-refractivity contribution in [2.45, 2.75) is 59.3 Å². The predicted octanol–water partition coefficient (Wildman–Crippen LogP) is 7.58. The summed E-state index contributed by atoms with van der Waals surface area (Å²) in [4.78, 5) is 11.8. The first-order valence-corrected chi connectivity index (χ1v) is 11.6. The van der Waals surface area contributed by atoms with Crippen LogP contribution in [0.5, 0.6) is 5.75 Å². The lowest BCUT2D eigenvalue weighted by Gasteiger charge is -2.16. The van der Waals surface area contributed by atoms with E-state index in [2.05, 4.69) is 66.2 Å². The molecule has 0 radical (unpaired) electrons. The van der Waals surface area contributed by atoms with Crippen LogP contribution in [0.4, 0.5) is 0 Å². The molecular formula is C26H31BrO2. The van der Waals surface area contributed by atoms with Gasteiger partial charge in [-0.1, -0.05) is 66.9 Å². The van der Waals surface area contributed by atoms with Gasteiger partial charge >= 0.3 is 0 Å². The second kappa shape index (κ2) is 10.2. The number of hydrogen-bond acceptors (Lipinski definition) is 2. The Labute approximate surface area is 183 Å². The van der Waals surface area contributed by atoms with Gasteiger partial charge in [-0.05, 0) is 79.0 Å². The van der Waals surface area contributed by atoms with Crippen LogP contribution in [-0.2, 0) is 6.42 Å².